The molecule has 0 spiro atoms. The number of nitrogens with zero attached hydrogens (tertiary/aromatic N) is 3. The zero-order chi connectivity index (χ0) is 18.6. The molecule has 27 heavy (non-hydrogen) atoms. The lowest BCUT2D eigenvalue weighted by Crippen LogP contribution is -2.42. The Hall–Kier alpha value is -2.27. The highest BCUT2D eigenvalue weighted by atomic mass is 35.5. The quantitative estimate of drug-likeness (QED) is 0.797. The fourth-order valence-corrected chi connectivity index (χ4v) is 3.85. The molecular weight excluding hydrogens is 362 g/mol. The van der Waals surface area contributed by atoms with Gasteiger partial charge >= 0.3 is 0 Å². The molecule has 1 aromatic carbocycles. The summed E-state index contributed by atoms with van der Waals surface area (Å²) < 4.78 is 6.00. The van der Waals surface area contributed by atoms with Crippen LogP contribution in [0.3, 0.4) is 0 Å². The Balaban J connectivity index is 1.31. The van der Waals surface area contributed by atoms with Crippen molar-refractivity contribution < 1.29 is 9.53 Å². The minimum absolute atomic E-state index is 0.00733. The van der Waals surface area contributed by atoms with Crippen LogP contribution in [0.15, 0.2) is 42.6 Å². The average molecular weight is 386 g/mol. The van der Waals surface area contributed by atoms with Crippen LogP contribution in [0.2, 0.25) is 5.02 Å². The number of hydrogen-bond donors (Lipinski definition) is 0. The molecule has 0 radical (unpaired) electrons. The third-order valence-electron chi connectivity index (χ3n) is 5.28. The molecule has 0 aliphatic carbocycles. The van der Waals surface area contributed by atoms with Crippen LogP contribution in [0.25, 0.3) is 0 Å². The number of halogens is 1. The van der Waals surface area contributed by atoms with Crippen LogP contribution in [0.1, 0.15) is 36.2 Å². The van der Waals surface area contributed by atoms with Gasteiger partial charge in [0.05, 0.1) is 11.9 Å². The molecule has 4 rings (SSSR count). The molecule has 2 aliphatic rings. The molecule has 0 N–H and O–H groups in total. The van der Waals surface area contributed by atoms with E-state index in [0.717, 1.165) is 37.4 Å². The van der Waals surface area contributed by atoms with Gasteiger partial charge in [-0.1, -0.05) is 11.6 Å². The number of hydrogen-bond acceptors (Lipinski definition) is 4. The maximum Gasteiger partial charge on any atom is 0.272 e. The van der Waals surface area contributed by atoms with Gasteiger partial charge in [-0.3, -0.25) is 4.79 Å². The fraction of sp³-hybridized carbons (Fsp3) is 0.429. The van der Waals surface area contributed by atoms with E-state index in [1.54, 1.807) is 0 Å². The topological polar surface area (TPSA) is 45.7 Å². The predicted octanol–water partition coefficient (Wildman–Crippen LogP) is 4.02. The van der Waals surface area contributed by atoms with Gasteiger partial charge in [-0.25, -0.2) is 4.98 Å². The number of anilines is 1. The van der Waals surface area contributed by atoms with Crippen molar-refractivity contribution in [3.05, 3.63) is 53.3 Å². The molecule has 0 bridgehead atoms. The number of aromatic nitrogens is 1. The molecule has 6 heteroatoms. The van der Waals surface area contributed by atoms with Crippen LogP contribution in [-0.4, -0.2) is 48.1 Å². The molecule has 2 aliphatic heterocycles. The maximum atomic E-state index is 12.7. The van der Waals surface area contributed by atoms with Gasteiger partial charge in [-0.15, -0.1) is 0 Å². The van der Waals surface area contributed by atoms with Crippen molar-refractivity contribution in [2.24, 2.45) is 0 Å². The first-order valence-corrected chi connectivity index (χ1v) is 9.99. The summed E-state index contributed by atoms with van der Waals surface area (Å²) in [5.41, 5.74) is 1.63. The van der Waals surface area contributed by atoms with Crippen LogP contribution in [0, 0.1) is 0 Å². The second kappa shape index (κ2) is 8.17. The minimum Gasteiger partial charge on any atom is -0.490 e. The van der Waals surface area contributed by atoms with Crippen LogP contribution < -0.4 is 9.64 Å². The Morgan fingerprint density at radius 1 is 1.00 bits per heavy atom. The Labute approximate surface area is 164 Å². The summed E-state index contributed by atoms with van der Waals surface area (Å²) in [5.74, 6) is 0.830. The molecule has 3 heterocycles. The lowest BCUT2D eigenvalue weighted by molar-refractivity contribution is 0.0590. The summed E-state index contributed by atoms with van der Waals surface area (Å²) in [7, 11) is 0. The lowest BCUT2D eigenvalue weighted by Gasteiger charge is -2.32. The summed E-state index contributed by atoms with van der Waals surface area (Å²) in [6.45, 7) is 3.53. The molecule has 1 amide bonds. The molecular formula is C21H24ClN3O2. The number of pyridine rings is 1. The largest absolute Gasteiger partial charge is 0.490 e. The molecule has 0 saturated carbocycles. The number of likely N-dealkylation sites (tertiary alicyclic amines) is 1. The average Bonchev–Trinajstić information content (AvgIpc) is 3.25. The first-order chi connectivity index (χ1) is 13.2. The van der Waals surface area contributed by atoms with Gasteiger partial charge < -0.3 is 14.5 Å². The van der Waals surface area contributed by atoms with E-state index >= 15 is 0 Å². The van der Waals surface area contributed by atoms with Gasteiger partial charge in [0.2, 0.25) is 0 Å². The van der Waals surface area contributed by atoms with E-state index in [4.69, 9.17) is 16.3 Å². The highest BCUT2D eigenvalue weighted by Crippen LogP contribution is 2.23. The van der Waals surface area contributed by atoms with E-state index in [9.17, 15) is 4.79 Å². The maximum absolute atomic E-state index is 12.7. The first kappa shape index (κ1) is 18.1. The highest BCUT2D eigenvalue weighted by Gasteiger charge is 2.25. The van der Waals surface area contributed by atoms with Crippen molar-refractivity contribution in [3.8, 4) is 5.75 Å². The van der Waals surface area contributed by atoms with Crippen molar-refractivity contribution >= 4 is 23.2 Å². The Morgan fingerprint density at radius 3 is 2.33 bits per heavy atom. The van der Waals surface area contributed by atoms with E-state index < -0.39 is 0 Å². The smallest absolute Gasteiger partial charge is 0.272 e. The number of benzene rings is 1. The van der Waals surface area contributed by atoms with E-state index in [-0.39, 0.29) is 12.0 Å². The zero-order valence-electron chi connectivity index (χ0n) is 15.3. The highest BCUT2D eigenvalue weighted by molar-refractivity contribution is 6.30. The zero-order valence-corrected chi connectivity index (χ0v) is 16.1. The van der Waals surface area contributed by atoms with Crippen molar-refractivity contribution in [2.45, 2.75) is 31.8 Å². The van der Waals surface area contributed by atoms with Gasteiger partial charge in [0.25, 0.3) is 5.91 Å². The van der Waals surface area contributed by atoms with Crippen LogP contribution in [0.5, 0.6) is 5.75 Å². The molecule has 1 aromatic heterocycles. The van der Waals surface area contributed by atoms with Gasteiger partial charge in [-0.05, 0) is 49.2 Å². The van der Waals surface area contributed by atoms with Crippen molar-refractivity contribution in [3.63, 3.8) is 0 Å². The first-order valence-electron chi connectivity index (χ1n) is 9.61. The van der Waals surface area contributed by atoms with Crippen LogP contribution in [0.4, 0.5) is 5.69 Å². The second-order valence-electron chi connectivity index (χ2n) is 7.16. The monoisotopic (exact) mass is 385 g/mol. The van der Waals surface area contributed by atoms with Gasteiger partial charge in [-0.2, -0.15) is 0 Å². The standard InChI is InChI=1S/C21H24ClN3O2/c22-16-3-6-18(7-4-16)27-19-9-13-25(14-10-19)21(26)20-8-5-17(15-23-20)24-11-1-2-12-24/h3-8,15,19H,1-2,9-14H2. The second-order valence-corrected chi connectivity index (χ2v) is 7.60. The minimum atomic E-state index is 0.00733. The Bertz CT molecular complexity index is 765. The van der Waals surface area contributed by atoms with E-state index in [1.807, 2.05) is 47.5 Å². The number of piperidine rings is 1. The molecule has 2 saturated heterocycles. The number of rotatable bonds is 4. The molecule has 142 valence electrons. The van der Waals surface area contributed by atoms with E-state index in [1.165, 1.54) is 12.8 Å². The summed E-state index contributed by atoms with van der Waals surface area (Å²) in [4.78, 5) is 21.3. The third-order valence-corrected chi connectivity index (χ3v) is 5.54. The molecule has 0 unspecified atom stereocenters. The van der Waals surface area contributed by atoms with Gasteiger partial charge in [0, 0.05) is 44.0 Å². The molecule has 0 atom stereocenters. The Kier molecular flexibility index (Phi) is 5.48. The number of amides is 1. The van der Waals surface area contributed by atoms with Crippen LogP contribution >= 0.6 is 11.6 Å². The van der Waals surface area contributed by atoms with Gasteiger partial charge in [0.15, 0.2) is 0 Å². The van der Waals surface area contributed by atoms with E-state index in [0.29, 0.717) is 23.8 Å². The van der Waals surface area contributed by atoms with Gasteiger partial charge in [0.1, 0.15) is 17.5 Å². The molecule has 2 fully saturated rings. The fourth-order valence-electron chi connectivity index (χ4n) is 3.72. The summed E-state index contributed by atoms with van der Waals surface area (Å²) in [5, 5.41) is 0.700. The van der Waals surface area contributed by atoms with E-state index in [2.05, 4.69) is 9.88 Å². The van der Waals surface area contributed by atoms with Crippen LogP contribution in [-0.2, 0) is 0 Å². The van der Waals surface area contributed by atoms with Crippen molar-refractivity contribution in [2.75, 3.05) is 31.1 Å². The Morgan fingerprint density at radius 2 is 1.70 bits per heavy atom. The SMILES string of the molecule is O=C(c1ccc(N2CCCC2)cn1)N1CCC(Oc2ccc(Cl)cc2)CC1. The number of ether oxygens (including phenoxy) is 1. The molecule has 2 aromatic rings. The summed E-state index contributed by atoms with van der Waals surface area (Å²) in [6.07, 6.45) is 6.05. The summed E-state index contributed by atoms with van der Waals surface area (Å²) in [6, 6.07) is 11.3. The lowest BCUT2D eigenvalue weighted by atomic mass is 10.1. The molecule has 5 nitrogen and oxygen atoms in total. The number of carbonyl (C=O) groups excluding carboxylic acids is 1. The van der Waals surface area contributed by atoms with Crippen molar-refractivity contribution in [1.82, 2.24) is 9.88 Å². The third kappa shape index (κ3) is 4.35. The normalized spacial score (nSPS) is 18.0. The predicted molar refractivity (Wildman–Crippen MR) is 107 cm³/mol. The summed E-state index contributed by atoms with van der Waals surface area (Å²) >= 11 is 5.90. The number of carbonyl (C=O) groups is 1. The van der Waals surface area contributed by atoms with Crippen molar-refractivity contribution in [1.29, 1.82) is 0 Å².